The lowest BCUT2D eigenvalue weighted by Crippen LogP contribution is -2.54. The Morgan fingerprint density at radius 2 is 2.10 bits per heavy atom. The quantitative estimate of drug-likeness (QED) is 0.784. The van der Waals surface area contributed by atoms with Gasteiger partial charge in [-0.05, 0) is 43.5 Å². The first-order chi connectivity index (χ1) is 9.77. The molecule has 1 aromatic carbocycles. The van der Waals surface area contributed by atoms with E-state index in [9.17, 15) is 23.1 Å². The standard InChI is InChI=1S/C14H17F3N2O2/c1-8-6-9(2-4-11(8)20)13(21)19-10-3-5-12(18-7-10)14(15,16)17/h2,4,6,10,12,18,20H,3,5,7H2,1H3,(H,19,21). The van der Waals surface area contributed by atoms with E-state index in [0.29, 0.717) is 11.1 Å². The molecule has 1 amide bonds. The van der Waals surface area contributed by atoms with Crippen LogP contribution in [0.1, 0.15) is 28.8 Å². The number of hydrogen-bond donors (Lipinski definition) is 3. The molecule has 3 N–H and O–H groups in total. The van der Waals surface area contributed by atoms with Crippen LogP contribution in [-0.4, -0.2) is 35.8 Å². The third-order valence-electron chi connectivity index (χ3n) is 3.60. The number of piperidine rings is 1. The van der Waals surface area contributed by atoms with Gasteiger partial charge in [-0.3, -0.25) is 4.79 Å². The Kier molecular flexibility index (Phi) is 4.41. The lowest BCUT2D eigenvalue weighted by Gasteiger charge is -2.31. The zero-order valence-electron chi connectivity index (χ0n) is 11.5. The van der Waals surface area contributed by atoms with E-state index in [4.69, 9.17) is 0 Å². The van der Waals surface area contributed by atoms with Crippen molar-refractivity contribution in [3.63, 3.8) is 0 Å². The fraction of sp³-hybridized carbons (Fsp3) is 0.500. The maximum atomic E-state index is 12.5. The molecule has 0 aromatic heterocycles. The minimum atomic E-state index is -4.25. The summed E-state index contributed by atoms with van der Waals surface area (Å²) < 4.78 is 37.5. The highest BCUT2D eigenvalue weighted by Crippen LogP contribution is 2.26. The van der Waals surface area contributed by atoms with Crippen LogP contribution in [0.3, 0.4) is 0 Å². The summed E-state index contributed by atoms with van der Waals surface area (Å²) in [5.74, 6) is -0.255. The van der Waals surface area contributed by atoms with Gasteiger partial charge in [0.15, 0.2) is 0 Å². The first-order valence-electron chi connectivity index (χ1n) is 6.68. The topological polar surface area (TPSA) is 61.4 Å². The van der Waals surface area contributed by atoms with Gasteiger partial charge in [-0.15, -0.1) is 0 Å². The number of phenols is 1. The van der Waals surface area contributed by atoms with Crippen molar-refractivity contribution in [1.82, 2.24) is 10.6 Å². The number of nitrogens with one attached hydrogen (secondary N) is 2. The summed E-state index contributed by atoms with van der Waals surface area (Å²) in [6.07, 6.45) is -4.02. The van der Waals surface area contributed by atoms with E-state index in [-0.39, 0.29) is 37.1 Å². The molecule has 1 aliphatic heterocycles. The summed E-state index contributed by atoms with van der Waals surface area (Å²) >= 11 is 0. The van der Waals surface area contributed by atoms with Gasteiger partial charge >= 0.3 is 6.18 Å². The van der Waals surface area contributed by atoms with E-state index < -0.39 is 12.2 Å². The van der Waals surface area contributed by atoms with Crippen LogP contribution in [0.5, 0.6) is 5.75 Å². The fourth-order valence-corrected chi connectivity index (χ4v) is 2.32. The number of carbonyl (C=O) groups excluding carboxylic acids is 1. The van der Waals surface area contributed by atoms with Crippen molar-refractivity contribution in [3.05, 3.63) is 29.3 Å². The van der Waals surface area contributed by atoms with Crippen LogP contribution in [0.2, 0.25) is 0 Å². The summed E-state index contributed by atoms with van der Waals surface area (Å²) in [5.41, 5.74) is 0.949. The molecular formula is C14H17F3N2O2. The molecule has 0 saturated carbocycles. The Morgan fingerprint density at radius 1 is 1.38 bits per heavy atom. The molecule has 2 unspecified atom stereocenters. The van der Waals surface area contributed by atoms with Gasteiger partial charge in [0.2, 0.25) is 0 Å². The highest BCUT2D eigenvalue weighted by Gasteiger charge is 2.41. The minimum absolute atomic E-state index is 0.0525. The van der Waals surface area contributed by atoms with E-state index in [0.717, 1.165) is 0 Å². The molecule has 1 heterocycles. The average Bonchev–Trinajstić information content (AvgIpc) is 2.41. The molecule has 2 rings (SSSR count). The Labute approximate surface area is 120 Å². The van der Waals surface area contributed by atoms with Crippen LogP contribution >= 0.6 is 0 Å². The van der Waals surface area contributed by atoms with Crippen molar-refractivity contribution in [1.29, 1.82) is 0 Å². The van der Waals surface area contributed by atoms with E-state index in [1.807, 2.05) is 0 Å². The molecule has 1 fully saturated rings. The zero-order valence-corrected chi connectivity index (χ0v) is 11.5. The maximum absolute atomic E-state index is 12.5. The number of phenolic OH excluding ortho intramolecular Hbond substituents is 1. The first kappa shape index (κ1) is 15.6. The number of benzene rings is 1. The van der Waals surface area contributed by atoms with Crippen molar-refractivity contribution in [2.24, 2.45) is 0 Å². The van der Waals surface area contributed by atoms with Gasteiger partial charge in [0.05, 0.1) is 0 Å². The second-order valence-electron chi connectivity index (χ2n) is 5.25. The normalized spacial score (nSPS) is 22.9. The Morgan fingerprint density at radius 3 is 2.62 bits per heavy atom. The SMILES string of the molecule is Cc1cc(C(=O)NC2CCC(C(F)(F)F)NC2)ccc1O. The number of rotatable bonds is 2. The largest absolute Gasteiger partial charge is 0.508 e. The number of halogens is 3. The van der Waals surface area contributed by atoms with Crippen molar-refractivity contribution in [2.75, 3.05) is 6.54 Å². The summed E-state index contributed by atoms with van der Waals surface area (Å²) in [6, 6.07) is 2.61. The second-order valence-corrected chi connectivity index (χ2v) is 5.25. The molecule has 116 valence electrons. The van der Waals surface area contributed by atoms with Crippen LogP contribution in [0.15, 0.2) is 18.2 Å². The third-order valence-corrected chi connectivity index (χ3v) is 3.60. The maximum Gasteiger partial charge on any atom is 0.403 e. The van der Waals surface area contributed by atoms with Gasteiger partial charge in [0, 0.05) is 18.2 Å². The summed E-state index contributed by atoms with van der Waals surface area (Å²) in [4.78, 5) is 12.0. The van der Waals surface area contributed by atoms with Gasteiger partial charge in [0.1, 0.15) is 11.8 Å². The highest BCUT2D eigenvalue weighted by atomic mass is 19.4. The smallest absolute Gasteiger partial charge is 0.403 e. The predicted molar refractivity (Wildman–Crippen MR) is 71.2 cm³/mol. The van der Waals surface area contributed by atoms with Crippen molar-refractivity contribution >= 4 is 5.91 Å². The summed E-state index contributed by atoms with van der Waals surface area (Å²) in [7, 11) is 0. The van der Waals surface area contributed by atoms with E-state index in [2.05, 4.69) is 10.6 Å². The molecule has 7 heteroatoms. The van der Waals surface area contributed by atoms with Crippen LogP contribution in [0.4, 0.5) is 13.2 Å². The number of aromatic hydroxyl groups is 1. The number of hydrogen-bond acceptors (Lipinski definition) is 3. The Balaban J connectivity index is 1.91. The predicted octanol–water partition coefficient (Wildman–Crippen LogP) is 2.11. The van der Waals surface area contributed by atoms with E-state index >= 15 is 0 Å². The monoisotopic (exact) mass is 302 g/mol. The molecule has 21 heavy (non-hydrogen) atoms. The molecular weight excluding hydrogens is 285 g/mol. The number of aryl methyl sites for hydroxylation is 1. The van der Waals surface area contributed by atoms with Gasteiger partial charge in [-0.2, -0.15) is 13.2 Å². The molecule has 0 spiro atoms. The molecule has 1 aliphatic rings. The van der Waals surface area contributed by atoms with Gasteiger partial charge in [-0.25, -0.2) is 0 Å². The van der Waals surface area contributed by atoms with Crippen LogP contribution in [0.25, 0.3) is 0 Å². The van der Waals surface area contributed by atoms with Gasteiger partial charge < -0.3 is 15.7 Å². The van der Waals surface area contributed by atoms with Crippen LogP contribution < -0.4 is 10.6 Å². The minimum Gasteiger partial charge on any atom is -0.508 e. The lowest BCUT2D eigenvalue weighted by molar-refractivity contribution is -0.160. The van der Waals surface area contributed by atoms with Crippen molar-refractivity contribution in [3.8, 4) is 5.75 Å². The van der Waals surface area contributed by atoms with Gasteiger partial charge in [0.25, 0.3) is 5.91 Å². The Hall–Kier alpha value is -1.76. The molecule has 2 atom stereocenters. The van der Waals surface area contributed by atoms with E-state index in [1.165, 1.54) is 12.1 Å². The van der Waals surface area contributed by atoms with Crippen LogP contribution in [0, 0.1) is 6.92 Å². The first-order valence-corrected chi connectivity index (χ1v) is 6.68. The van der Waals surface area contributed by atoms with E-state index in [1.54, 1.807) is 13.0 Å². The fourth-order valence-electron chi connectivity index (χ4n) is 2.32. The number of carbonyl (C=O) groups is 1. The molecule has 4 nitrogen and oxygen atoms in total. The van der Waals surface area contributed by atoms with Crippen molar-refractivity contribution in [2.45, 2.75) is 38.0 Å². The number of alkyl halides is 3. The highest BCUT2D eigenvalue weighted by molar-refractivity contribution is 5.94. The Bertz CT molecular complexity index is 523. The lowest BCUT2D eigenvalue weighted by atomic mass is 10.00. The van der Waals surface area contributed by atoms with Gasteiger partial charge in [-0.1, -0.05) is 0 Å². The summed E-state index contributed by atoms with van der Waals surface area (Å²) in [5, 5.41) is 14.5. The van der Waals surface area contributed by atoms with Crippen molar-refractivity contribution < 1.29 is 23.1 Å². The molecule has 1 saturated heterocycles. The van der Waals surface area contributed by atoms with Crippen LogP contribution in [-0.2, 0) is 0 Å². The molecule has 0 radical (unpaired) electrons. The third kappa shape index (κ3) is 3.87. The second kappa shape index (κ2) is 5.93. The zero-order chi connectivity index (χ0) is 15.6. The number of amides is 1. The summed E-state index contributed by atoms with van der Waals surface area (Å²) in [6.45, 7) is 1.76. The molecule has 0 bridgehead atoms. The average molecular weight is 302 g/mol. The molecule has 1 aromatic rings. The molecule has 0 aliphatic carbocycles.